The van der Waals surface area contributed by atoms with Crippen molar-refractivity contribution in [2.45, 2.75) is 104 Å². The molecule has 1 saturated carbocycles. The van der Waals surface area contributed by atoms with E-state index in [4.69, 9.17) is 23.7 Å². The molecule has 4 aliphatic heterocycles. The molecule has 406 valence electrons. The Morgan fingerprint density at radius 1 is 0.857 bits per heavy atom. The third-order valence-electron chi connectivity index (χ3n) is 15.5. The number of amides is 5. The van der Waals surface area contributed by atoms with Gasteiger partial charge in [0.25, 0.3) is 11.8 Å². The van der Waals surface area contributed by atoms with Gasteiger partial charge in [-0.05, 0) is 103 Å². The molecule has 2 fully saturated rings. The molecule has 5 aliphatic rings. The predicted molar refractivity (Wildman–Crippen MR) is 284 cm³/mol. The van der Waals surface area contributed by atoms with Gasteiger partial charge in [0.1, 0.15) is 24.8 Å². The normalized spacial score (nSPS) is 19.7. The quantitative estimate of drug-likeness (QED) is 0.0712. The number of nitrogens with zero attached hydrogens (tertiary/aromatic N) is 4. The zero-order chi connectivity index (χ0) is 54.9. The number of Topliss-reactive ketones (excluding diaryl/α,β-unsaturated/α-hetero) is 1. The van der Waals surface area contributed by atoms with Gasteiger partial charge in [-0.1, -0.05) is 69.8 Å². The molecule has 4 aromatic rings. The van der Waals surface area contributed by atoms with Crippen LogP contribution in [0.4, 0.5) is 25.4 Å². The average molecular weight is 1060 g/mol. The first-order chi connectivity index (χ1) is 36.9. The van der Waals surface area contributed by atoms with Crippen LogP contribution < -0.4 is 29.3 Å². The number of aliphatic hydroxyl groups is 1. The number of hydrogen-bond acceptors (Lipinski definition) is 12. The highest BCUT2D eigenvalue weighted by Crippen LogP contribution is 2.57. The minimum Gasteiger partial charge on any atom is -0.493 e. The summed E-state index contributed by atoms with van der Waals surface area (Å²) in [7, 11) is 1.44. The SMILES string of the molecule is C=CCOC(=O)N1C[C@@H]2CC(c3ccc(F)cc3)=CN2C(=O)c2cc(OC)c(OCCCOc3cc4c(cc3C)C(=O)N3CC5(CC5)C[C@H]3C(O)N4C(=O)OCc3ccc(CC(=O)[C@H](C)NC(=O)[C@@H](C)C(C)C)cc3)cc21. The maximum atomic E-state index is 14.4. The van der Waals surface area contributed by atoms with E-state index < -0.39 is 36.5 Å². The number of aliphatic hydroxyl groups excluding tert-OH is 1. The minimum atomic E-state index is -1.42. The lowest BCUT2D eigenvalue weighted by Crippen LogP contribution is -2.50. The number of ketones is 1. The lowest BCUT2D eigenvalue weighted by molar-refractivity contribution is -0.130. The summed E-state index contributed by atoms with van der Waals surface area (Å²) in [6.07, 6.45) is 3.46. The Hall–Kier alpha value is -7.73. The lowest BCUT2D eigenvalue weighted by atomic mass is 9.96. The lowest BCUT2D eigenvalue weighted by Gasteiger charge is -2.31. The molecule has 1 aliphatic carbocycles. The molecule has 4 heterocycles. The zero-order valence-corrected chi connectivity index (χ0v) is 44.3. The molecule has 0 bridgehead atoms. The molecule has 2 N–H and O–H groups in total. The van der Waals surface area contributed by atoms with E-state index in [-0.39, 0.29) is 120 Å². The molecule has 9 rings (SSSR count). The van der Waals surface area contributed by atoms with Gasteiger partial charge in [-0.15, -0.1) is 0 Å². The van der Waals surface area contributed by atoms with Crippen LogP contribution in [-0.4, -0.2) is 115 Å². The summed E-state index contributed by atoms with van der Waals surface area (Å²) in [5.74, 6) is -0.579. The number of aryl methyl sites for hydroxylation is 1. The number of fused-ring (bicyclic) bond motifs is 4. The highest BCUT2D eigenvalue weighted by Gasteiger charge is 2.58. The molecule has 1 spiro atoms. The molecule has 1 saturated heterocycles. The van der Waals surface area contributed by atoms with Gasteiger partial charge in [-0.3, -0.25) is 24.1 Å². The number of methoxy groups -OCH3 is 1. The fraction of sp³-hybridized carbons (Fsp3) is 0.424. The van der Waals surface area contributed by atoms with Crippen LogP contribution in [0.5, 0.6) is 17.2 Å². The monoisotopic (exact) mass is 1060 g/mol. The van der Waals surface area contributed by atoms with E-state index in [2.05, 4.69) is 11.9 Å². The molecule has 0 radical (unpaired) electrons. The third-order valence-corrected chi connectivity index (χ3v) is 15.5. The van der Waals surface area contributed by atoms with E-state index in [0.717, 1.165) is 34.4 Å². The van der Waals surface area contributed by atoms with Crippen LogP contribution in [0.15, 0.2) is 91.7 Å². The van der Waals surface area contributed by atoms with Gasteiger partial charge in [0, 0.05) is 43.6 Å². The van der Waals surface area contributed by atoms with Gasteiger partial charge < -0.3 is 43.9 Å². The van der Waals surface area contributed by atoms with Crippen molar-refractivity contribution < 1.29 is 61.9 Å². The maximum Gasteiger partial charge on any atom is 0.416 e. The molecule has 77 heavy (non-hydrogen) atoms. The van der Waals surface area contributed by atoms with Crippen molar-refractivity contribution in [3.05, 3.63) is 131 Å². The minimum absolute atomic E-state index is 0.0571. The molecule has 5 atom stereocenters. The van der Waals surface area contributed by atoms with E-state index in [1.807, 2.05) is 20.8 Å². The summed E-state index contributed by atoms with van der Waals surface area (Å²) in [6.45, 7) is 13.4. The van der Waals surface area contributed by atoms with Gasteiger partial charge in [-0.25, -0.2) is 18.9 Å². The molecular weight excluding hydrogens is 990 g/mol. The van der Waals surface area contributed by atoms with Gasteiger partial charge in [0.2, 0.25) is 5.91 Å². The predicted octanol–water partition coefficient (Wildman–Crippen LogP) is 8.77. The number of benzene rings is 4. The van der Waals surface area contributed by atoms with Gasteiger partial charge in [-0.2, -0.15) is 0 Å². The van der Waals surface area contributed by atoms with E-state index >= 15 is 0 Å². The summed E-state index contributed by atoms with van der Waals surface area (Å²) in [5, 5.41) is 14.9. The first-order valence-electron chi connectivity index (χ1n) is 26.2. The highest BCUT2D eigenvalue weighted by atomic mass is 19.1. The Balaban J connectivity index is 0.881. The number of nitrogens with one attached hydrogen (secondary N) is 1. The summed E-state index contributed by atoms with van der Waals surface area (Å²) in [6, 6.07) is 17.6. The molecule has 1 unspecified atom stereocenters. The Morgan fingerprint density at radius 3 is 2.21 bits per heavy atom. The van der Waals surface area contributed by atoms with Crippen LogP contribution in [-0.2, 0) is 32.1 Å². The van der Waals surface area contributed by atoms with Crippen LogP contribution in [0.2, 0.25) is 0 Å². The number of ether oxygens (including phenoxy) is 5. The number of anilines is 2. The first-order valence-corrected chi connectivity index (χ1v) is 26.2. The summed E-state index contributed by atoms with van der Waals surface area (Å²) in [5.41, 5.74) is 4.29. The first kappa shape index (κ1) is 54.1. The topological polar surface area (TPSA) is 194 Å². The Kier molecular flexibility index (Phi) is 15.8. The van der Waals surface area contributed by atoms with Crippen LogP contribution in [0.25, 0.3) is 5.57 Å². The fourth-order valence-electron chi connectivity index (χ4n) is 10.4. The van der Waals surface area contributed by atoms with Crippen LogP contribution in [0.3, 0.4) is 0 Å². The van der Waals surface area contributed by atoms with E-state index in [9.17, 15) is 38.3 Å². The van der Waals surface area contributed by atoms with Crippen molar-refractivity contribution in [1.82, 2.24) is 15.1 Å². The zero-order valence-electron chi connectivity index (χ0n) is 44.3. The second-order valence-electron chi connectivity index (χ2n) is 21.2. The molecule has 4 aromatic carbocycles. The average Bonchev–Trinajstić information content (AvgIpc) is 4.01. The highest BCUT2D eigenvalue weighted by molar-refractivity contribution is 6.07. The van der Waals surface area contributed by atoms with E-state index in [0.29, 0.717) is 42.7 Å². The molecule has 17 nitrogen and oxygen atoms in total. The van der Waals surface area contributed by atoms with Crippen LogP contribution >= 0.6 is 0 Å². The molecule has 0 aromatic heterocycles. The van der Waals surface area contributed by atoms with Crippen molar-refractivity contribution in [2.24, 2.45) is 17.3 Å². The Bertz CT molecular complexity index is 2990. The third kappa shape index (κ3) is 11.4. The van der Waals surface area contributed by atoms with Crippen LogP contribution in [0, 0.1) is 30.0 Å². The fourth-order valence-corrected chi connectivity index (χ4v) is 10.4. The molecule has 5 amide bonds. The van der Waals surface area contributed by atoms with E-state index in [1.54, 1.807) is 84.4 Å². The number of rotatable bonds is 18. The van der Waals surface area contributed by atoms with Crippen molar-refractivity contribution >= 4 is 52.6 Å². The summed E-state index contributed by atoms with van der Waals surface area (Å²) in [4.78, 5) is 87.9. The van der Waals surface area contributed by atoms with Crippen molar-refractivity contribution in [3.8, 4) is 17.2 Å². The summed E-state index contributed by atoms with van der Waals surface area (Å²) < 4.78 is 43.4. The number of halogens is 1. The standard InChI is InChI=1S/C59H66FN5O12/c1-8-20-76-57(71)63-31-43-25-41(40-14-16-42(60)17-15-40)30-62(43)54(68)45-26-51(73-7)52(27-46(45)63)75-22-9-21-74-50-28-47-44(23-35(50)4)55(69)64-33-59(18-19-59)29-48(64)56(70)65(47)58(72)77-32-39-12-10-38(11-13-39)24-49(66)37(6)61-53(67)36(5)34(2)3/h8,10-17,23,26-28,30,34,36-37,43,48,56,70H,1,9,18-22,24-25,29,31-33H2,2-7H3,(H,61,67)/t36-,37-,43-,48-,56?/m0/s1. The largest absolute Gasteiger partial charge is 0.493 e. The number of carbonyl (C=O) groups is 6. The summed E-state index contributed by atoms with van der Waals surface area (Å²) >= 11 is 0. The van der Waals surface area contributed by atoms with E-state index in [1.165, 1.54) is 36.3 Å². The van der Waals surface area contributed by atoms with Gasteiger partial charge in [0.05, 0.1) is 67.5 Å². The molecular formula is C59H66FN5O12. The van der Waals surface area contributed by atoms with Gasteiger partial charge >= 0.3 is 12.2 Å². The number of hydrogen-bond donors (Lipinski definition) is 2. The number of carbonyl (C=O) groups excluding carboxylic acids is 6. The Morgan fingerprint density at radius 2 is 1.53 bits per heavy atom. The van der Waals surface area contributed by atoms with Gasteiger partial charge in [0.15, 0.2) is 23.5 Å². The smallest absolute Gasteiger partial charge is 0.416 e. The van der Waals surface area contributed by atoms with Crippen molar-refractivity contribution in [3.63, 3.8) is 0 Å². The van der Waals surface area contributed by atoms with Crippen molar-refractivity contribution in [2.75, 3.05) is 49.8 Å². The molecule has 18 heteroatoms. The maximum absolute atomic E-state index is 14.4. The Labute approximate surface area is 447 Å². The van der Waals surface area contributed by atoms with Crippen LogP contribution in [0.1, 0.15) is 103 Å². The second-order valence-corrected chi connectivity index (χ2v) is 21.2. The van der Waals surface area contributed by atoms with Crippen molar-refractivity contribution in [1.29, 1.82) is 0 Å². The second kappa shape index (κ2) is 22.5.